The average Bonchev–Trinajstić information content (AvgIpc) is 2.62. The number of ether oxygens (including phenoxy) is 1. The molecule has 1 fully saturated rings. The molecule has 0 amide bonds. The Hall–Kier alpha value is -0.900. The van der Waals surface area contributed by atoms with Crippen LogP contribution in [0.1, 0.15) is 24.5 Å². The molecule has 0 saturated carbocycles. The van der Waals surface area contributed by atoms with E-state index in [0.29, 0.717) is 18.7 Å². The maximum Gasteiger partial charge on any atom is 0.0713 e. The van der Waals surface area contributed by atoms with Gasteiger partial charge in [0.05, 0.1) is 6.61 Å². The van der Waals surface area contributed by atoms with E-state index in [2.05, 4.69) is 36.1 Å². The van der Waals surface area contributed by atoms with Gasteiger partial charge in [-0.3, -0.25) is 4.90 Å². The highest BCUT2D eigenvalue weighted by Crippen LogP contribution is 2.19. The van der Waals surface area contributed by atoms with E-state index in [9.17, 15) is 0 Å². The number of methoxy groups -OCH3 is 1. The van der Waals surface area contributed by atoms with Crippen molar-refractivity contribution < 1.29 is 4.74 Å². The normalized spacial score (nSPS) is 25.4. The highest BCUT2D eigenvalue weighted by Gasteiger charge is 2.27. The van der Waals surface area contributed by atoms with Crippen LogP contribution >= 0.6 is 0 Å². The van der Waals surface area contributed by atoms with Gasteiger partial charge in [-0.05, 0) is 24.5 Å². The molecule has 0 aromatic heterocycles. The molecule has 3 heteroatoms. The van der Waals surface area contributed by atoms with Gasteiger partial charge in [0.15, 0.2) is 0 Å². The second-order valence-corrected chi connectivity index (χ2v) is 4.92. The maximum atomic E-state index is 6.04. The smallest absolute Gasteiger partial charge is 0.0713 e. The predicted molar refractivity (Wildman–Crippen MR) is 69.6 cm³/mol. The summed E-state index contributed by atoms with van der Waals surface area (Å²) < 4.78 is 5.16. The summed E-state index contributed by atoms with van der Waals surface area (Å²) in [5, 5.41) is 0. The fourth-order valence-corrected chi connectivity index (χ4v) is 2.47. The third kappa shape index (κ3) is 3.06. The molecule has 2 rings (SSSR count). The minimum atomic E-state index is 0.331. The third-order valence-corrected chi connectivity index (χ3v) is 3.63. The number of hydrogen-bond donors (Lipinski definition) is 1. The van der Waals surface area contributed by atoms with Crippen LogP contribution in [0.25, 0.3) is 0 Å². The Balaban J connectivity index is 2.01. The summed E-state index contributed by atoms with van der Waals surface area (Å²) in [6.45, 7) is 5.00. The molecular formula is C14H22N2O. The lowest BCUT2D eigenvalue weighted by molar-refractivity contribution is 0.184. The van der Waals surface area contributed by atoms with Crippen LogP contribution in [0.5, 0.6) is 0 Å². The van der Waals surface area contributed by atoms with Crippen LogP contribution in [0.15, 0.2) is 24.3 Å². The number of hydrogen-bond acceptors (Lipinski definition) is 3. The Kier molecular flexibility index (Phi) is 4.15. The van der Waals surface area contributed by atoms with Gasteiger partial charge >= 0.3 is 0 Å². The van der Waals surface area contributed by atoms with Crippen molar-refractivity contribution >= 4 is 0 Å². The molecule has 2 atom stereocenters. The quantitative estimate of drug-likeness (QED) is 0.862. The first-order chi connectivity index (χ1) is 8.20. The first-order valence-corrected chi connectivity index (χ1v) is 6.27. The van der Waals surface area contributed by atoms with Crippen LogP contribution in [-0.2, 0) is 17.9 Å². The van der Waals surface area contributed by atoms with Gasteiger partial charge in [0.2, 0.25) is 0 Å². The highest BCUT2D eigenvalue weighted by atomic mass is 16.5. The van der Waals surface area contributed by atoms with Gasteiger partial charge < -0.3 is 10.5 Å². The monoisotopic (exact) mass is 234 g/mol. The minimum Gasteiger partial charge on any atom is -0.380 e. The Morgan fingerprint density at radius 2 is 2.18 bits per heavy atom. The van der Waals surface area contributed by atoms with Gasteiger partial charge in [-0.25, -0.2) is 0 Å². The van der Waals surface area contributed by atoms with Crippen LogP contribution < -0.4 is 5.73 Å². The summed E-state index contributed by atoms with van der Waals surface area (Å²) in [6, 6.07) is 9.42. The fourth-order valence-electron chi connectivity index (χ4n) is 2.47. The topological polar surface area (TPSA) is 38.5 Å². The average molecular weight is 234 g/mol. The molecule has 1 aliphatic rings. The maximum absolute atomic E-state index is 6.04. The van der Waals surface area contributed by atoms with Crippen LogP contribution in [0.4, 0.5) is 0 Å². The molecule has 94 valence electrons. The standard InChI is InChI=1S/C14H22N2O/c1-11-14(15)6-7-16(11)9-12-4-3-5-13(8-12)10-17-2/h3-5,8,11,14H,6-7,9-10,15H2,1-2H3. The highest BCUT2D eigenvalue weighted by molar-refractivity contribution is 5.23. The van der Waals surface area contributed by atoms with Crippen molar-refractivity contribution in [2.24, 2.45) is 5.73 Å². The van der Waals surface area contributed by atoms with E-state index in [-0.39, 0.29) is 0 Å². The molecule has 1 saturated heterocycles. The van der Waals surface area contributed by atoms with E-state index in [1.807, 2.05) is 0 Å². The molecule has 1 aliphatic heterocycles. The Labute approximate surface area is 104 Å². The minimum absolute atomic E-state index is 0.331. The zero-order chi connectivity index (χ0) is 12.3. The fraction of sp³-hybridized carbons (Fsp3) is 0.571. The zero-order valence-electron chi connectivity index (χ0n) is 10.7. The summed E-state index contributed by atoms with van der Waals surface area (Å²) in [4.78, 5) is 2.45. The van der Waals surface area contributed by atoms with Gasteiger partial charge in [-0.1, -0.05) is 24.3 Å². The summed E-state index contributed by atoms with van der Waals surface area (Å²) in [5.74, 6) is 0. The Morgan fingerprint density at radius 1 is 1.41 bits per heavy atom. The van der Waals surface area contributed by atoms with Gasteiger partial charge in [0.1, 0.15) is 0 Å². The SMILES string of the molecule is COCc1cccc(CN2CCC(N)C2C)c1. The summed E-state index contributed by atoms with van der Waals surface area (Å²) in [7, 11) is 1.73. The molecule has 1 aromatic rings. The van der Waals surface area contributed by atoms with Crippen molar-refractivity contribution in [3.63, 3.8) is 0 Å². The van der Waals surface area contributed by atoms with Gasteiger partial charge in [0, 0.05) is 32.3 Å². The molecule has 0 bridgehead atoms. The van der Waals surface area contributed by atoms with Crippen LogP contribution in [-0.4, -0.2) is 30.6 Å². The van der Waals surface area contributed by atoms with Gasteiger partial charge in [0.25, 0.3) is 0 Å². The van der Waals surface area contributed by atoms with E-state index in [1.165, 1.54) is 11.1 Å². The predicted octanol–water partition coefficient (Wildman–Crippen LogP) is 1.75. The second-order valence-electron chi connectivity index (χ2n) is 4.92. The molecule has 2 N–H and O–H groups in total. The van der Waals surface area contributed by atoms with Gasteiger partial charge in [-0.2, -0.15) is 0 Å². The molecule has 2 unspecified atom stereocenters. The van der Waals surface area contributed by atoms with Crippen molar-refractivity contribution in [2.75, 3.05) is 13.7 Å². The second kappa shape index (κ2) is 5.63. The van der Waals surface area contributed by atoms with Crippen molar-refractivity contribution in [3.8, 4) is 0 Å². The number of nitrogens with two attached hydrogens (primary N) is 1. The Morgan fingerprint density at radius 3 is 2.82 bits per heavy atom. The number of nitrogens with zero attached hydrogens (tertiary/aromatic N) is 1. The van der Waals surface area contributed by atoms with Crippen molar-refractivity contribution in [1.82, 2.24) is 4.90 Å². The first-order valence-electron chi connectivity index (χ1n) is 6.27. The molecule has 0 spiro atoms. The van der Waals surface area contributed by atoms with E-state index >= 15 is 0 Å². The lowest BCUT2D eigenvalue weighted by Crippen LogP contribution is -2.36. The molecular weight excluding hydrogens is 212 g/mol. The number of likely N-dealkylation sites (tertiary alicyclic amines) is 1. The molecule has 1 heterocycles. The molecule has 17 heavy (non-hydrogen) atoms. The summed E-state index contributed by atoms with van der Waals surface area (Å²) in [5.41, 5.74) is 8.62. The van der Waals surface area contributed by atoms with Crippen molar-refractivity contribution in [3.05, 3.63) is 35.4 Å². The molecule has 1 aromatic carbocycles. The van der Waals surface area contributed by atoms with E-state index in [4.69, 9.17) is 10.5 Å². The van der Waals surface area contributed by atoms with E-state index in [1.54, 1.807) is 7.11 Å². The molecule has 0 radical (unpaired) electrons. The third-order valence-electron chi connectivity index (χ3n) is 3.63. The number of rotatable bonds is 4. The largest absolute Gasteiger partial charge is 0.380 e. The van der Waals surface area contributed by atoms with Crippen LogP contribution in [0.3, 0.4) is 0 Å². The zero-order valence-corrected chi connectivity index (χ0v) is 10.7. The lowest BCUT2D eigenvalue weighted by atomic mass is 10.1. The van der Waals surface area contributed by atoms with Crippen molar-refractivity contribution in [2.45, 2.75) is 38.6 Å². The first kappa shape index (κ1) is 12.6. The molecule has 3 nitrogen and oxygen atoms in total. The van der Waals surface area contributed by atoms with Gasteiger partial charge in [-0.15, -0.1) is 0 Å². The Bertz CT molecular complexity index is 367. The molecule has 0 aliphatic carbocycles. The number of benzene rings is 1. The summed E-state index contributed by atoms with van der Waals surface area (Å²) in [6.07, 6.45) is 1.11. The van der Waals surface area contributed by atoms with E-state index < -0.39 is 0 Å². The van der Waals surface area contributed by atoms with E-state index in [0.717, 1.165) is 19.5 Å². The van der Waals surface area contributed by atoms with Crippen LogP contribution in [0, 0.1) is 0 Å². The lowest BCUT2D eigenvalue weighted by Gasteiger charge is -2.23. The van der Waals surface area contributed by atoms with Crippen LogP contribution in [0.2, 0.25) is 0 Å². The van der Waals surface area contributed by atoms with Crippen molar-refractivity contribution in [1.29, 1.82) is 0 Å². The summed E-state index contributed by atoms with van der Waals surface area (Å²) >= 11 is 0.